The smallest absolute Gasteiger partial charge is 0.223 e. The van der Waals surface area contributed by atoms with Crippen LogP contribution >= 0.6 is 24.0 Å². The number of halogens is 1. The minimum Gasteiger partial charge on any atom is -0.354 e. The molecule has 1 aromatic carbocycles. The van der Waals surface area contributed by atoms with Crippen molar-refractivity contribution in [3.63, 3.8) is 0 Å². The Morgan fingerprint density at radius 3 is 2.63 bits per heavy atom. The third-order valence-electron chi connectivity index (χ3n) is 4.33. The van der Waals surface area contributed by atoms with Gasteiger partial charge in [0, 0.05) is 33.1 Å². The normalized spacial score (nSPS) is 13.6. The van der Waals surface area contributed by atoms with Crippen molar-refractivity contribution in [2.75, 3.05) is 27.2 Å². The van der Waals surface area contributed by atoms with E-state index in [1.165, 1.54) is 0 Å². The third kappa shape index (κ3) is 6.23. The summed E-state index contributed by atoms with van der Waals surface area (Å²) in [6.07, 6.45) is 3.90. The van der Waals surface area contributed by atoms with Crippen LogP contribution in [-0.4, -0.2) is 53.9 Å². The van der Waals surface area contributed by atoms with Gasteiger partial charge in [0.2, 0.25) is 5.91 Å². The molecule has 1 aromatic heterocycles. The molecule has 1 fully saturated rings. The molecule has 3 N–H and O–H groups in total. The Morgan fingerprint density at radius 2 is 1.96 bits per heavy atom. The van der Waals surface area contributed by atoms with E-state index in [0.717, 1.165) is 35.9 Å². The molecule has 0 bridgehead atoms. The van der Waals surface area contributed by atoms with Crippen molar-refractivity contribution in [2.24, 2.45) is 10.9 Å². The highest BCUT2D eigenvalue weighted by atomic mass is 127. The molecule has 7 nitrogen and oxygen atoms in total. The topological polar surface area (TPSA) is 85.4 Å². The van der Waals surface area contributed by atoms with Gasteiger partial charge < -0.3 is 20.5 Å². The third-order valence-corrected chi connectivity index (χ3v) is 4.33. The number of carbonyl (C=O) groups excluding carboxylic acids is 1. The fourth-order valence-corrected chi connectivity index (χ4v) is 2.74. The molecule has 8 heteroatoms. The number of aromatic nitrogens is 2. The van der Waals surface area contributed by atoms with Gasteiger partial charge in [0.1, 0.15) is 5.82 Å². The quantitative estimate of drug-likeness (QED) is 0.245. The minimum absolute atomic E-state index is 0. The average molecular weight is 482 g/mol. The van der Waals surface area contributed by atoms with E-state index >= 15 is 0 Å². The molecule has 1 amide bonds. The second kappa shape index (κ2) is 10.3. The molecule has 0 spiro atoms. The van der Waals surface area contributed by atoms with Crippen molar-refractivity contribution in [2.45, 2.75) is 19.4 Å². The summed E-state index contributed by atoms with van der Waals surface area (Å²) >= 11 is 0. The van der Waals surface area contributed by atoms with E-state index in [2.05, 4.69) is 37.7 Å². The Hall–Kier alpha value is -2.10. The summed E-state index contributed by atoms with van der Waals surface area (Å²) in [4.78, 5) is 25.7. The summed E-state index contributed by atoms with van der Waals surface area (Å²) in [5, 5.41) is 6.20. The lowest BCUT2D eigenvalue weighted by Gasteiger charge is -2.21. The molecule has 0 radical (unpaired) electrons. The maximum Gasteiger partial charge on any atom is 0.223 e. The molecule has 1 aliphatic rings. The molecule has 146 valence electrons. The highest BCUT2D eigenvalue weighted by Gasteiger charge is 2.28. The first-order valence-corrected chi connectivity index (χ1v) is 8.96. The van der Waals surface area contributed by atoms with Gasteiger partial charge in [0.05, 0.1) is 18.4 Å². The number of carbonyl (C=O) groups is 1. The van der Waals surface area contributed by atoms with Crippen molar-refractivity contribution in [1.82, 2.24) is 25.5 Å². The maximum atomic E-state index is 11.6. The number of amides is 1. The molecular weight excluding hydrogens is 455 g/mol. The van der Waals surface area contributed by atoms with Gasteiger partial charge in [0.25, 0.3) is 0 Å². The van der Waals surface area contributed by atoms with Crippen LogP contribution in [-0.2, 0) is 11.3 Å². The van der Waals surface area contributed by atoms with Crippen LogP contribution in [0.5, 0.6) is 0 Å². The van der Waals surface area contributed by atoms with Crippen molar-refractivity contribution in [3.05, 3.63) is 42.4 Å². The van der Waals surface area contributed by atoms with Crippen LogP contribution in [0, 0.1) is 5.92 Å². The second-order valence-electron chi connectivity index (χ2n) is 6.50. The standard InChI is InChI=1S/C19H26N6O.HI/c1-20-19(22-11-10-21-18(26)15-8-9-15)25(2)13-17-23-12-16(24-17)14-6-4-3-5-7-14;/h3-7,12,15H,8-11,13H2,1-2H3,(H,20,22)(H,21,26)(H,23,24);1H. The van der Waals surface area contributed by atoms with E-state index < -0.39 is 0 Å². The Kier molecular flexibility index (Phi) is 8.08. The van der Waals surface area contributed by atoms with Crippen LogP contribution in [0.2, 0.25) is 0 Å². The SMILES string of the molecule is CN=C(NCCNC(=O)C1CC1)N(C)Cc1ncc(-c2ccccc2)[nH]1.I. The summed E-state index contributed by atoms with van der Waals surface area (Å²) < 4.78 is 0. The summed E-state index contributed by atoms with van der Waals surface area (Å²) in [5.74, 6) is 2.05. The van der Waals surface area contributed by atoms with E-state index in [1.807, 2.05) is 36.3 Å². The van der Waals surface area contributed by atoms with Gasteiger partial charge in [-0.3, -0.25) is 9.79 Å². The van der Waals surface area contributed by atoms with Gasteiger partial charge in [-0.25, -0.2) is 4.98 Å². The number of guanidine groups is 1. The van der Waals surface area contributed by atoms with Gasteiger partial charge >= 0.3 is 0 Å². The first kappa shape index (κ1) is 21.2. The van der Waals surface area contributed by atoms with E-state index in [9.17, 15) is 4.79 Å². The first-order valence-electron chi connectivity index (χ1n) is 8.96. The van der Waals surface area contributed by atoms with Crippen LogP contribution < -0.4 is 10.6 Å². The highest BCUT2D eigenvalue weighted by Crippen LogP contribution is 2.28. The zero-order valence-electron chi connectivity index (χ0n) is 15.7. The number of hydrogen-bond acceptors (Lipinski definition) is 3. The van der Waals surface area contributed by atoms with E-state index in [4.69, 9.17) is 0 Å². The fraction of sp³-hybridized carbons (Fsp3) is 0.421. The lowest BCUT2D eigenvalue weighted by atomic mass is 10.2. The lowest BCUT2D eigenvalue weighted by molar-refractivity contribution is -0.122. The summed E-state index contributed by atoms with van der Waals surface area (Å²) in [6, 6.07) is 10.1. The molecule has 0 unspecified atom stereocenters. The van der Waals surface area contributed by atoms with Crippen LogP contribution in [0.3, 0.4) is 0 Å². The molecule has 1 aliphatic carbocycles. The molecule has 0 atom stereocenters. The number of aliphatic imine (C=N–C) groups is 1. The fourth-order valence-electron chi connectivity index (χ4n) is 2.74. The number of nitrogens with one attached hydrogen (secondary N) is 3. The molecule has 0 aliphatic heterocycles. The van der Waals surface area contributed by atoms with E-state index in [1.54, 1.807) is 7.05 Å². The van der Waals surface area contributed by atoms with Crippen LogP contribution in [0.4, 0.5) is 0 Å². The van der Waals surface area contributed by atoms with Crippen molar-refractivity contribution < 1.29 is 4.79 Å². The van der Waals surface area contributed by atoms with Crippen LogP contribution in [0.15, 0.2) is 41.5 Å². The van der Waals surface area contributed by atoms with Crippen molar-refractivity contribution in [3.8, 4) is 11.3 Å². The number of nitrogens with zero attached hydrogens (tertiary/aromatic N) is 3. The zero-order valence-corrected chi connectivity index (χ0v) is 18.1. The molecular formula is C19H27IN6O. The summed E-state index contributed by atoms with van der Waals surface area (Å²) in [6.45, 7) is 1.85. The van der Waals surface area contributed by atoms with Gasteiger partial charge in [-0.05, 0) is 18.4 Å². The highest BCUT2D eigenvalue weighted by molar-refractivity contribution is 14.0. The van der Waals surface area contributed by atoms with Crippen LogP contribution in [0.1, 0.15) is 18.7 Å². The van der Waals surface area contributed by atoms with Crippen molar-refractivity contribution >= 4 is 35.8 Å². The predicted molar refractivity (Wildman–Crippen MR) is 118 cm³/mol. The number of rotatable bonds is 7. The molecule has 1 saturated carbocycles. The predicted octanol–water partition coefficient (Wildman–Crippen LogP) is 2.23. The monoisotopic (exact) mass is 482 g/mol. The zero-order chi connectivity index (χ0) is 18.4. The Morgan fingerprint density at radius 1 is 1.26 bits per heavy atom. The van der Waals surface area contributed by atoms with Gasteiger partial charge in [0.15, 0.2) is 5.96 Å². The number of aromatic amines is 1. The molecule has 3 rings (SSSR count). The number of hydrogen-bond donors (Lipinski definition) is 3. The second-order valence-corrected chi connectivity index (χ2v) is 6.50. The van der Waals surface area contributed by atoms with E-state index in [-0.39, 0.29) is 35.8 Å². The first-order chi connectivity index (χ1) is 12.7. The molecule has 2 aromatic rings. The Bertz CT molecular complexity index is 757. The Balaban J connectivity index is 0.00000261. The number of imidazole rings is 1. The molecule has 27 heavy (non-hydrogen) atoms. The summed E-state index contributed by atoms with van der Waals surface area (Å²) in [7, 11) is 3.71. The molecule has 1 heterocycles. The van der Waals surface area contributed by atoms with Crippen LogP contribution in [0.25, 0.3) is 11.3 Å². The van der Waals surface area contributed by atoms with Gasteiger partial charge in [-0.15, -0.1) is 24.0 Å². The van der Waals surface area contributed by atoms with Gasteiger partial charge in [-0.1, -0.05) is 30.3 Å². The Labute approximate surface area is 177 Å². The lowest BCUT2D eigenvalue weighted by Crippen LogP contribution is -2.42. The van der Waals surface area contributed by atoms with Gasteiger partial charge in [-0.2, -0.15) is 0 Å². The maximum absolute atomic E-state index is 11.6. The largest absolute Gasteiger partial charge is 0.354 e. The summed E-state index contributed by atoms with van der Waals surface area (Å²) in [5.41, 5.74) is 2.11. The van der Waals surface area contributed by atoms with Crippen molar-refractivity contribution in [1.29, 1.82) is 0 Å². The van der Waals surface area contributed by atoms with E-state index in [0.29, 0.717) is 19.6 Å². The molecule has 0 saturated heterocycles. The number of benzene rings is 1. The number of H-pyrrole nitrogens is 1. The minimum atomic E-state index is 0. The average Bonchev–Trinajstić information content (AvgIpc) is 3.42.